The molecule has 0 radical (unpaired) electrons. The quantitative estimate of drug-likeness (QED) is 0.853. The third-order valence-electron chi connectivity index (χ3n) is 5.65. The van der Waals surface area contributed by atoms with Crippen LogP contribution in [0.3, 0.4) is 0 Å². The highest BCUT2D eigenvalue weighted by Gasteiger charge is 2.30. The van der Waals surface area contributed by atoms with Crippen LogP contribution in [0.1, 0.15) is 57.8 Å². The number of carbonyl (C=O) groups is 1. The van der Waals surface area contributed by atoms with Crippen LogP contribution in [0.2, 0.25) is 0 Å². The summed E-state index contributed by atoms with van der Waals surface area (Å²) in [5, 5.41) is 0. The standard InChI is InChI=1S/C19H30N4O/c1-22(17-8-5-3-2-4-6-9-17)18(24)16-10-14-23(15-11-16)19-20-12-7-13-21-19/h7,12-13,16-17H,2-6,8-11,14-15H2,1H3. The van der Waals surface area contributed by atoms with E-state index >= 15 is 0 Å². The first kappa shape index (κ1) is 17.2. The average molecular weight is 330 g/mol. The summed E-state index contributed by atoms with van der Waals surface area (Å²) in [5.74, 6) is 1.31. The first-order valence-corrected chi connectivity index (χ1v) is 9.54. The van der Waals surface area contributed by atoms with E-state index in [0.29, 0.717) is 11.9 Å². The van der Waals surface area contributed by atoms with Gasteiger partial charge in [-0.05, 0) is 31.7 Å². The van der Waals surface area contributed by atoms with Gasteiger partial charge in [-0.1, -0.05) is 32.1 Å². The predicted octanol–water partition coefficient (Wildman–Crippen LogP) is 3.26. The molecule has 1 amide bonds. The second kappa shape index (κ2) is 8.45. The third kappa shape index (κ3) is 4.25. The summed E-state index contributed by atoms with van der Waals surface area (Å²) in [6, 6.07) is 2.29. The average Bonchev–Trinajstić information content (AvgIpc) is 2.61. The highest BCUT2D eigenvalue weighted by molar-refractivity contribution is 5.79. The van der Waals surface area contributed by atoms with E-state index in [1.165, 1.54) is 44.9 Å². The van der Waals surface area contributed by atoms with Gasteiger partial charge in [0.1, 0.15) is 0 Å². The molecule has 0 spiro atoms. The van der Waals surface area contributed by atoms with E-state index in [1.54, 1.807) is 12.4 Å². The normalized spacial score (nSPS) is 21.1. The summed E-state index contributed by atoms with van der Waals surface area (Å²) >= 11 is 0. The van der Waals surface area contributed by atoms with Crippen molar-refractivity contribution < 1.29 is 4.79 Å². The first-order chi connectivity index (χ1) is 11.8. The molecule has 5 heteroatoms. The lowest BCUT2D eigenvalue weighted by Crippen LogP contribution is -2.45. The van der Waals surface area contributed by atoms with Crippen molar-refractivity contribution in [2.45, 2.75) is 63.8 Å². The van der Waals surface area contributed by atoms with Gasteiger partial charge in [-0.3, -0.25) is 4.79 Å². The lowest BCUT2D eigenvalue weighted by atomic mass is 9.92. The van der Waals surface area contributed by atoms with E-state index in [4.69, 9.17) is 0 Å². The molecule has 132 valence electrons. The van der Waals surface area contributed by atoms with Crippen molar-refractivity contribution in [2.75, 3.05) is 25.0 Å². The lowest BCUT2D eigenvalue weighted by molar-refractivity contribution is -0.137. The maximum atomic E-state index is 12.9. The minimum absolute atomic E-state index is 0.167. The number of nitrogens with zero attached hydrogens (tertiary/aromatic N) is 4. The van der Waals surface area contributed by atoms with Crippen LogP contribution in [-0.2, 0) is 4.79 Å². The zero-order valence-corrected chi connectivity index (χ0v) is 14.9. The Labute approximate surface area is 145 Å². The highest BCUT2D eigenvalue weighted by Crippen LogP contribution is 2.26. The van der Waals surface area contributed by atoms with Gasteiger partial charge >= 0.3 is 0 Å². The Balaban J connectivity index is 1.52. The molecule has 0 unspecified atom stereocenters. The van der Waals surface area contributed by atoms with Gasteiger partial charge in [0.25, 0.3) is 0 Å². The fourth-order valence-corrected chi connectivity index (χ4v) is 4.07. The Morgan fingerprint density at radius 1 is 1.00 bits per heavy atom. The molecular formula is C19H30N4O. The van der Waals surface area contributed by atoms with E-state index in [-0.39, 0.29) is 5.92 Å². The van der Waals surface area contributed by atoms with Crippen molar-refractivity contribution in [3.8, 4) is 0 Å². The molecule has 3 rings (SSSR count). The number of carbonyl (C=O) groups excluding carboxylic acids is 1. The largest absolute Gasteiger partial charge is 0.343 e. The summed E-state index contributed by atoms with van der Waals surface area (Å²) in [6.07, 6.45) is 14.3. The molecule has 24 heavy (non-hydrogen) atoms. The van der Waals surface area contributed by atoms with Crippen LogP contribution >= 0.6 is 0 Å². The van der Waals surface area contributed by atoms with Gasteiger partial charge in [0, 0.05) is 44.5 Å². The minimum Gasteiger partial charge on any atom is -0.343 e. The van der Waals surface area contributed by atoms with Crippen LogP contribution < -0.4 is 4.90 Å². The number of aromatic nitrogens is 2. The van der Waals surface area contributed by atoms with Crippen LogP contribution in [0.15, 0.2) is 18.5 Å². The molecule has 5 nitrogen and oxygen atoms in total. The van der Waals surface area contributed by atoms with Gasteiger partial charge in [0.2, 0.25) is 11.9 Å². The van der Waals surface area contributed by atoms with Crippen molar-refractivity contribution in [3.63, 3.8) is 0 Å². The third-order valence-corrected chi connectivity index (χ3v) is 5.65. The maximum absolute atomic E-state index is 12.9. The topological polar surface area (TPSA) is 49.3 Å². The van der Waals surface area contributed by atoms with Crippen LogP contribution in [0.25, 0.3) is 0 Å². The summed E-state index contributed by atoms with van der Waals surface area (Å²) in [7, 11) is 2.03. The first-order valence-electron chi connectivity index (χ1n) is 9.54. The van der Waals surface area contributed by atoms with Crippen molar-refractivity contribution in [3.05, 3.63) is 18.5 Å². The second-order valence-electron chi connectivity index (χ2n) is 7.26. The Morgan fingerprint density at radius 3 is 2.21 bits per heavy atom. The number of hydrogen-bond acceptors (Lipinski definition) is 4. The molecule has 0 aromatic carbocycles. The maximum Gasteiger partial charge on any atom is 0.225 e. The predicted molar refractivity (Wildman–Crippen MR) is 95.8 cm³/mol. The Bertz CT molecular complexity index is 505. The highest BCUT2D eigenvalue weighted by atomic mass is 16.2. The van der Waals surface area contributed by atoms with Crippen molar-refractivity contribution in [1.29, 1.82) is 0 Å². The number of amides is 1. The summed E-state index contributed by atoms with van der Waals surface area (Å²) in [4.78, 5) is 25.8. The summed E-state index contributed by atoms with van der Waals surface area (Å²) in [5.41, 5.74) is 0. The summed E-state index contributed by atoms with van der Waals surface area (Å²) < 4.78 is 0. The van der Waals surface area contributed by atoms with E-state index in [2.05, 4.69) is 19.8 Å². The van der Waals surface area contributed by atoms with Gasteiger partial charge in [0.05, 0.1) is 0 Å². The molecule has 1 aromatic rings. The van der Waals surface area contributed by atoms with Gasteiger partial charge in [0.15, 0.2) is 0 Å². The fourth-order valence-electron chi connectivity index (χ4n) is 4.07. The van der Waals surface area contributed by atoms with Crippen LogP contribution in [0.4, 0.5) is 5.95 Å². The van der Waals surface area contributed by atoms with E-state index in [1.807, 2.05) is 13.1 Å². The fraction of sp³-hybridized carbons (Fsp3) is 0.737. The SMILES string of the molecule is CN(C(=O)C1CCN(c2ncccn2)CC1)C1CCCCCCC1. The van der Waals surface area contributed by atoms with Crippen molar-refractivity contribution in [2.24, 2.45) is 5.92 Å². The van der Waals surface area contributed by atoms with Crippen LogP contribution in [0, 0.1) is 5.92 Å². The number of piperidine rings is 1. The van der Waals surface area contributed by atoms with Crippen LogP contribution in [0.5, 0.6) is 0 Å². The van der Waals surface area contributed by atoms with Crippen molar-refractivity contribution >= 4 is 11.9 Å². The molecule has 0 atom stereocenters. The van der Waals surface area contributed by atoms with Gasteiger partial charge in [-0.2, -0.15) is 0 Å². The zero-order valence-electron chi connectivity index (χ0n) is 14.9. The van der Waals surface area contributed by atoms with E-state index in [9.17, 15) is 4.79 Å². The number of rotatable bonds is 3. The molecule has 1 saturated heterocycles. The van der Waals surface area contributed by atoms with Gasteiger partial charge in [-0.25, -0.2) is 9.97 Å². The Morgan fingerprint density at radius 2 is 1.58 bits per heavy atom. The minimum atomic E-state index is 0.167. The Hall–Kier alpha value is -1.65. The molecule has 1 saturated carbocycles. The molecule has 0 bridgehead atoms. The molecule has 2 heterocycles. The number of hydrogen-bond donors (Lipinski definition) is 0. The van der Waals surface area contributed by atoms with Gasteiger partial charge in [-0.15, -0.1) is 0 Å². The smallest absolute Gasteiger partial charge is 0.225 e. The zero-order chi connectivity index (χ0) is 16.8. The molecule has 1 aromatic heterocycles. The Kier molecular flexibility index (Phi) is 6.05. The van der Waals surface area contributed by atoms with Crippen molar-refractivity contribution in [1.82, 2.24) is 14.9 Å². The monoisotopic (exact) mass is 330 g/mol. The molecule has 0 N–H and O–H groups in total. The van der Waals surface area contributed by atoms with Crippen LogP contribution in [-0.4, -0.2) is 47.0 Å². The molecular weight excluding hydrogens is 300 g/mol. The molecule has 2 fully saturated rings. The van der Waals surface area contributed by atoms with E-state index < -0.39 is 0 Å². The summed E-state index contributed by atoms with van der Waals surface area (Å²) in [6.45, 7) is 1.75. The van der Waals surface area contributed by atoms with Gasteiger partial charge < -0.3 is 9.80 Å². The molecule has 1 aliphatic carbocycles. The molecule has 2 aliphatic rings. The molecule has 1 aliphatic heterocycles. The second-order valence-corrected chi connectivity index (χ2v) is 7.26. The number of anilines is 1. The van der Waals surface area contributed by atoms with E-state index in [0.717, 1.165) is 31.9 Å². The lowest BCUT2D eigenvalue weighted by Gasteiger charge is -2.36.